The minimum absolute atomic E-state index is 0.195. The highest BCUT2D eigenvalue weighted by Gasteiger charge is 2.24. The first kappa shape index (κ1) is 11.9. The van der Waals surface area contributed by atoms with E-state index in [0.29, 0.717) is 19.2 Å². The fourth-order valence-corrected chi connectivity index (χ4v) is 1.76. The van der Waals surface area contributed by atoms with Crippen LogP contribution in [-0.2, 0) is 4.74 Å². The van der Waals surface area contributed by atoms with E-state index < -0.39 is 0 Å². The molecule has 0 aromatic rings. The monoisotopic (exact) mass is 202 g/mol. The van der Waals surface area contributed by atoms with Crippen LogP contribution in [0.1, 0.15) is 19.8 Å². The lowest BCUT2D eigenvalue weighted by atomic mass is 10.1. The van der Waals surface area contributed by atoms with Gasteiger partial charge in [0.2, 0.25) is 0 Å². The Balaban J connectivity index is 2.25. The van der Waals surface area contributed by atoms with Gasteiger partial charge in [0.1, 0.15) is 0 Å². The van der Waals surface area contributed by atoms with Crippen LogP contribution in [0.5, 0.6) is 0 Å². The van der Waals surface area contributed by atoms with Gasteiger partial charge in [-0.15, -0.1) is 0 Å². The molecule has 0 aromatic heterocycles. The van der Waals surface area contributed by atoms with Crippen LogP contribution in [0.2, 0.25) is 0 Å². The van der Waals surface area contributed by atoms with E-state index in [0.717, 1.165) is 32.5 Å². The molecule has 0 amide bonds. The topological polar surface area (TPSA) is 58.7 Å². The molecule has 1 rings (SSSR count). The molecule has 0 spiro atoms. The molecule has 0 aliphatic carbocycles. The van der Waals surface area contributed by atoms with Gasteiger partial charge in [-0.25, -0.2) is 0 Å². The number of morpholine rings is 1. The molecule has 0 bridgehead atoms. The van der Waals surface area contributed by atoms with E-state index in [2.05, 4.69) is 11.8 Å². The average Bonchev–Trinajstić information content (AvgIpc) is 2.21. The number of ether oxygens (including phenoxy) is 1. The fourth-order valence-electron chi connectivity index (χ4n) is 1.76. The molecule has 1 heterocycles. The highest BCUT2D eigenvalue weighted by Crippen LogP contribution is 2.11. The second-order valence-electron chi connectivity index (χ2n) is 3.97. The Morgan fingerprint density at radius 1 is 1.50 bits per heavy atom. The summed E-state index contributed by atoms with van der Waals surface area (Å²) in [5, 5.41) is 8.70. The van der Waals surface area contributed by atoms with Crippen molar-refractivity contribution >= 4 is 0 Å². The van der Waals surface area contributed by atoms with E-state index in [1.165, 1.54) is 0 Å². The highest BCUT2D eigenvalue weighted by molar-refractivity contribution is 4.77. The van der Waals surface area contributed by atoms with Crippen molar-refractivity contribution in [1.29, 1.82) is 0 Å². The molecule has 0 radical (unpaired) electrons. The Hall–Kier alpha value is -0.160. The molecule has 2 unspecified atom stereocenters. The summed E-state index contributed by atoms with van der Waals surface area (Å²) in [7, 11) is 0. The zero-order chi connectivity index (χ0) is 10.4. The fraction of sp³-hybridized carbons (Fsp3) is 1.00. The molecule has 1 aliphatic heterocycles. The smallest absolute Gasteiger partial charge is 0.0824 e. The Bertz CT molecular complexity index is 155. The molecule has 0 saturated carbocycles. The average molecular weight is 202 g/mol. The lowest BCUT2D eigenvalue weighted by Crippen LogP contribution is -2.50. The van der Waals surface area contributed by atoms with Crippen LogP contribution in [0.3, 0.4) is 0 Å². The Morgan fingerprint density at radius 2 is 2.29 bits per heavy atom. The van der Waals surface area contributed by atoms with Crippen LogP contribution in [-0.4, -0.2) is 55.0 Å². The molecule has 84 valence electrons. The van der Waals surface area contributed by atoms with Gasteiger partial charge in [-0.3, -0.25) is 4.90 Å². The summed E-state index contributed by atoms with van der Waals surface area (Å²) >= 11 is 0. The van der Waals surface area contributed by atoms with Crippen molar-refractivity contribution in [3.63, 3.8) is 0 Å². The minimum Gasteiger partial charge on any atom is -0.396 e. The Morgan fingerprint density at radius 3 is 2.93 bits per heavy atom. The first-order valence-corrected chi connectivity index (χ1v) is 5.44. The summed E-state index contributed by atoms with van der Waals surface area (Å²) in [6.07, 6.45) is 2.13. The van der Waals surface area contributed by atoms with Crippen molar-refractivity contribution in [3.05, 3.63) is 0 Å². The molecule has 1 fully saturated rings. The third-order valence-corrected chi connectivity index (χ3v) is 2.75. The van der Waals surface area contributed by atoms with E-state index in [1.54, 1.807) is 0 Å². The van der Waals surface area contributed by atoms with Gasteiger partial charge in [-0.2, -0.15) is 0 Å². The summed E-state index contributed by atoms with van der Waals surface area (Å²) in [6.45, 7) is 5.82. The summed E-state index contributed by atoms with van der Waals surface area (Å²) in [6, 6.07) is 0.483. The van der Waals surface area contributed by atoms with Gasteiger partial charge in [0, 0.05) is 25.7 Å². The molecule has 1 aliphatic rings. The predicted octanol–water partition coefficient (Wildman–Crippen LogP) is -0.193. The molecule has 1 saturated heterocycles. The van der Waals surface area contributed by atoms with E-state index in [1.807, 2.05) is 0 Å². The van der Waals surface area contributed by atoms with Gasteiger partial charge in [-0.1, -0.05) is 0 Å². The third-order valence-electron chi connectivity index (χ3n) is 2.75. The van der Waals surface area contributed by atoms with Crippen LogP contribution in [0.25, 0.3) is 0 Å². The number of aliphatic hydroxyl groups is 1. The number of nitrogens with zero attached hydrogens (tertiary/aromatic N) is 1. The number of hydrogen-bond acceptors (Lipinski definition) is 4. The van der Waals surface area contributed by atoms with Crippen molar-refractivity contribution < 1.29 is 9.84 Å². The number of unbranched alkanes of at least 4 members (excludes halogenated alkanes) is 1. The molecular formula is C10H22N2O2. The van der Waals surface area contributed by atoms with Gasteiger partial charge in [0.15, 0.2) is 0 Å². The van der Waals surface area contributed by atoms with Gasteiger partial charge in [-0.05, 0) is 26.3 Å². The van der Waals surface area contributed by atoms with Crippen molar-refractivity contribution in [1.82, 2.24) is 4.90 Å². The maximum atomic E-state index is 8.70. The van der Waals surface area contributed by atoms with Gasteiger partial charge in [0.25, 0.3) is 0 Å². The summed E-state index contributed by atoms with van der Waals surface area (Å²) in [5.74, 6) is 0. The van der Waals surface area contributed by atoms with Crippen LogP contribution < -0.4 is 5.73 Å². The summed E-state index contributed by atoms with van der Waals surface area (Å²) in [5.41, 5.74) is 5.57. The molecular weight excluding hydrogens is 180 g/mol. The number of nitrogens with two attached hydrogens (primary N) is 1. The maximum Gasteiger partial charge on any atom is 0.0824 e. The first-order valence-electron chi connectivity index (χ1n) is 5.44. The van der Waals surface area contributed by atoms with Crippen LogP contribution in [0.4, 0.5) is 0 Å². The van der Waals surface area contributed by atoms with Crippen LogP contribution in [0.15, 0.2) is 0 Å². The lowest BCUT2D eigenvalue weighted by Gasteiger charge is -2.37. The number of rotatable bonds is 5. The quantitative estimate of drug-likeness (QED) is 0.607. The lowest BCUT2D eigenvalue weighted by molar-refractivity contribution is -0.0539. The largest absolute Gasteiger partial charge is 0.396 e. The minimum atomic E-state index is 0.195. The van der Waals surface area contributed by atoms with Crippen molar-refractivity contribution in [3.8, 4) is 0 Å². The SMILES string of the molecule is CC1COC(CN)CN1CCCCO. The number of aliphatic hydroxyl groups excluding tert-OH is 1. The molecule has 2 atom stereocenters. The van der Waals surface area contributed by atoms with E-state index in [-0.39, 0.29) is 6.10 Å². The second-order valence-corrected chi connectivity index (χ2v) is 3.97. The zero-order valence-corrected chi connectivity index (χ0v) is 8.98. The van der Waals surface area contributed by atoms with Gasteiger partial charge < -0.3 is 15.6 Å². The Labute approximate surface area is 86.0 Å². The van der Waals surface area contributed by atoms with E-state index in [9.17, 15) is 0 Å². The summed E-state index contributed by atoms with van der Waals surface area (Å²) < 4.78 is 5.56. The highest BCUT2D eigenvalue weighted by atomic mass is 16.5. The molecule has 4 heteroatoms. The summed E-state index contributed by atoms with van der Waals surface area (Å²) in [4.78, 5) is 2.40. The van der Waals surface area contributed by atoms with Crippen LogP contribution >= 0.6 is 0 Å². The van der Waals surface area contributed by atoms with E-state index >= 15 is 0 Å². The molecule has 3 N–H and O–H groups in total. The molecule has 14 heavy (non-hydrogen) atoms. The van der Waals surface area contributed by atoms with E-state index in [4.69, 9.17) is 15.6 Å². The van der Waals surface area contributed by atoms with Crippen molar-refractivity contribution in [2.75, 3.05) is 32.8 Å². The molecule has 4 nitrogen and oxygen atoms in total. The van der Waals surface area contributed by atoms with Crippen molar-refractivity contribution in [2.45, 2.75) is 31.9 Å². The van der Waals surface area contributed by atoms with Crippen molar-refractivity contribution in [2.24, 2.45) is 5.73 Å². The zero-order valence-electron chi connectivity index (χ0n) is 8.98. The van der Waals surface area contributed by atoms with Gasteiger partial charge >= 0.3 is 0 Å². The Kier molecular flexibility index (Phi) is 5.40. The molecule has 0 aromatic carbocycles. The second kappa shape index (κ2) is 6.35. The third kappa shape index (κ3) is 3.53. The van der Waals surface area contributed by atoms with Crippen LogP contribution in [0, 0.1) is 0 Å². The first-order chi connectivity index (χ1) is 6.77. The maximum absolute atomic E-state index is 8.70. The number of hydrogen-bond donors (Lipinski definition) is 2. The predicted molar refractivity (Wildman–Crippen MR) is 56.1 cm³/mol. The standard InChI is InChI=1S/C10H22N2O2/c1-9-8-14-10(6-11)7-12(9)4-2-3-5-13/h9-10,13H,2-8,11H2,1H3. The normalized spacial score (nSPS) is 29.4. The van der Waals surface area contributed by atoms with Gasteiger partial charge in [0.05, 0.1) is 12.7 Å².